The summed E-state index contributed by atoms with van der Waals surface area (Å²) in [7, 11) is 0. The van der Waals surface area contributed by atoms with Crippen LogP contribution >= 0.6 is 0 Å². The first-order valence-electron chi connectivity index (χ1n) is 6.67. The second kappa shape index (κ2) is 4.57. The zero-order valence-electron chi connectivity index (χ0n) is 11.3. The fourth-order valence-corrected chi connectivity index (χ4v) is 2.49. The van der Waals surface area contributed by atoms with Gasteiger partial charge in [0.15, 0.2) is 5.49 Å². The predicted molar refractivity (Wildman–Crippen MR) is 74.6 cm³/mol. The molecule has 1 aliphatic heterocycles. The maximum atomic E-state index is 5.78. The summed E-state index contributed by atoms with van der Waals surface area (Å²) < 4.78 is 2.01. The quantitative estimate of drug-likeness (QED) is 0.799. The Hall–Kier alpha value is -2.04. The van der Waals surface area contributed by atoms with Gasteiger partial charge in [0.05, 0.1) is 10.9 Å². The Morgan fingerprint density at radius 1 is 1.47 bits per heavy atom. The summed E-state index contributed by atoms with van der Waals surface area (Å²) >= 11 is 0. The van der Waals surface area contributed by atoms with Gasteiger partial charge in [0.2, 0.25) is 0 Å². The first-order chi connectivity index (χ1) is 9.16. The SMILES string of the molecule is CC(C)n1nc([C@@H]2C=CC(N)=CC2)c2c1=NCNC=2. The molecule has 0 spiro atoms. The Morgan fingerprint density at radius 3 is 3.00 bits per heavy atom. The van der Waals surface area contributed by atoms with Crippen molar-refractivity contribution in [3.63, 3.8) is 0 Å². The Balaban J connectivity index is 2.11. The number of nitrogens with zero attached hydrogens (tertiary/aromatic N) is 3. The van der Waals surface area contributed by atoms with E-state index in [0.717, 1.165) is 28.5 Å². The summed E-state index contributed by atoms with van der Waals surface area (Å²) in [5, 5.41) is 9.06. The lowest BCUT2D eigenvalue weighted by Gasteiger charge is -2.12. The third-order valence-electron chi connectivity index (χ3n) is 3.48. The molecule has 5 heteroatoms. The second-order valence-corrected chi connectivity index (χ2v) is 5.23. The first-order valence-corrected chi connectivity index (χ1v) is 6.67. The highest BCUT2D eigenvalue weighted by Crippen LogP contribution is 2.21. The van der Waals surface area contributed by atoms with Crippen LogP contribution < -0.4 is 21.8 Å². The van der Waals surface area contributed by atoms with Gasteiger partial charge in [-0.05, 0) is 26.3 Å². The number of allylic oxidation sites excluding steroid dienone is 3. The molecule has 3 N–H and O–H groups in total. The van der Waals surface area contributed by atoms with Crippen molar-refractivity contribution in [2.24, 2.45) is 10.7 Å². The Morgan fingerprint density at radius 2 is 2.32 bits per heavy atom. The lowest BCUT2D eigenvalue weighted by molar-refractivity contribution is 0.498. The third-order valence-corrected chi connectivity index (χ3v) is 3.48. The van der Waals surface area contributed by atoms with E-state index in [9.17, 15) is 0 Å². The summed E-state index contributed by atoms with van der Waals surface area (Å²) in [5.74, 6) is 0.285. The summed E-state index contributed by atoms with van der Waals surface area (Å²) in [6.45, 7) is 4.88. The third kappa shape index (κ3) is 2.05. The molecule has 100 valence electrons. The number of rotatable bonds is 2. The number of nitrogens with one attached hydrogen (secondary N) is 1. The van der Waals surface area contributed by atoms with Gasteiger partial charge >= 0.3 is 0 Å². The maximum absolute atomic E-state index is 5.78. The standard InChI is InChI=1S/C14H19N5/c1-9(2)19-14-12(7-16-8-17-14)13(18-19)10-3-5-11(15)6-4-10/h3,5-7,9-10,16H,4,8,15H2,1-2H3/t10-/m1/s1. The van der Waals surface area contributed by atoms with Gasteiger partial charge in [0.1, 0.15) is 6.67 Å². The molecule has 5 nitrogen and oxygen atoms in total. The topological polar surface area (TPSA) is 68.2 Å². The minimum atomic E-state index is 0.285. The van der Waals surface area contributed by atoms with E-state index in [1.807, 2.05) is 17.0 Å². The van der Waals surface area contributed by atoms with Gasteiger partial charge in [-0.2, -0.15) is 5.10 Å². The van der Waals surface area contributed by atoms with Gasteiger partial charge in [-0.25, -0.2) is 9.67 Å². The average Bonchev–Trinajstić information content (AvgIpc) is 2.79. The molecule has 1 aromatic rings. The van der Waals surface area contributed by atoms with Crippen molar-refractivity contribution in [1.29, 1.82) is 0 Å². The lowest BCUT2D eigenvalue weighted by Crippen LogP contribution is -2.38. The van der Waals surface area contributed by atoms with E-state index in [4.69, 9.17) is 10.8 Å². The number of fused-ring (bicyclic) bond motifs is 1. The largest absolute Gasteiger partial charge is 0.399 e. The highest BCUT2D eigenvalue weighted by molar-refractivity contribution is 5.32. The van der Waals surface area contributed by atoms with Crippen molar-refractivity contribution in [2.45, 2.75) is 32.2 Å². The Labute approximate surface area is 112 Å². The molecule has 0 aromatic carbocycles. The average molecular weight is 257 g/mol. The van der Waals surface area contributed by atoms with Gasteiger partial charge in [0, 0.05) is 23.9 Å². The van der Waals surface area contributed by atoms with Crippen LogP contribution in [-0.2, 0) is 0 Å². The van der Waals surface area contributed by atoms with Crippen LogP contribution in [0.1, 0.15) is 37.9 Å². The van der Waals surface area contributed by atoms with Crippen molar-refractivity contribution < 1.29 is 0 Å². The van der Waals surface area contributed by atoms with Crippen LogP contribution in [0.5, 0.6) is 0 Å². The maximum Gasteiger partial charge on any atom is 0.156 e. The zero-order valence-corrected chi connectivity index (χ0v) is 11.3. The van der Waals surface area contributed by atoms with Gasteiger partial charge in [-0.1, -0.05) is 12.2 Å². The normalized spacial score (nSPS) is 21.2. The molecule has 0 amide bonds. The lowest BCUT2D eigenvalue weighted by atomic mass is 9.95. The molecule has 0 saturated heterocycles. The van der Waals surface area contributed by atoms with Crippen molar-refractivity contribution >= 4 is 6.20 Å². The van der Waals surface area contributed by atoms with Crippen LogP contribution in [0.3, 0.4) is 0 Å². The van der Waals surface area contributed by atoms with Crippen LogP contribution in [0, 0.1) is 0 Å². The van der Waals surface area contributed by atoms with E-state index >= 15 is 0 Å². The highest BCUT2D eigenvalue weighted by atomic mass is 15.3. The Kier molecular flexibility index (Phi) is 2.89. The summed E-state index contributed by atoms with van der Waals surface area (Å²) in [5.41, 5.74) is 8.68. The van der Waals surface area contributed by atoms with Crippen molar-refractivity contribution in [2.75, 3.05) is 6.67 Å². The van der Waals surface area contributed by atoms with Gasteiger partial charge in [-0.3, -0.25) is 0 Å². The molecular weight excluding hydrogens is 238 g/mol. The number of aromatic nitrogens is 2. The minimum absolute atomic E-state index is 0.285. The summed E-state index contributed by atoms with van der Waals surface area (Å²) in [6, 6.07) is 0.311. The van der Waals surface area contributed by atoms with Crippen LogP contribution in [0.15, 0.2) is 28.9 Å². The van der Waals surface area contributed by atoms with Crippen LogP contribution in [0.2, 0.25) is 0 Å². The molecule has 1 aromatic heterocycles. The molecule has 1 atom stereocenters. The van der Waals surface area contributed by atoms with Crippen molar-refractivity contribution in [3.05, 3.63) is 40.3 Å². The monoisotopic (exact) mass is 257 g/mol. The van der Waals surface area contributed by atoms with Crippen LogP contribution in [-0.4, -0.2) is 16.4 Å². The molecule has 2 heterocycles. The molecule has 1 aliphatic carbocycles. The second-order valence-electron chi connectivity index (χ2n) is 5.23. The van der Waals surface area contributed by atoms with E-state index in [1.165, 1.54) is 0 Å². The summed E-state index contributed by atoms with van der Waals surface area (Å²) in [6.07, 6.45) is 9.07. The molecule has 2 aliphatic rings. The number of hydrogen-bond donors (Lipinski definition) is 2. The molecular formula is C14H19N5. The first kappa shape index (κ1) is 12.0. The summed E-state index contributed by atoms with van der Waals surface area (Å²) in [4.78, 5) is 4.54. The predicted octanol–water partition coefficient (Wildman–Crippen LogP) is 0.268. The fourth-order valence-electron chi connectivity index (χ4n) is 2.49. The van der Waals surface area contributed by atoms with Crippen molar-refractivity contribution in [3.8, 4) is 0 Å². The molecule has 0 fully saturated rings. The zero-order chi connectivity index (χ0) is 13.4. The molecule has 0 radical (unpaired) electrons. The van der Waals surface area contributed by atoms with Crippen LogP contribution in [0.25, 0.3) is 6.20 Å². The smallest absolute Gasteiger partial charge is 0.156 e. The minimum Gasteiger partial charge on any atom is -0.399 e. The van der Waals surface area contributed by atoms with E-state index in [1.54, 1.807) is 0 Å². The molecule has 0 saturated carbocycles. The molecule has 0 unspecified atom stereocenters. The van der Waals surface area contributed by atoms with E-state index in [-0.39, 0.29) is 5.92 Å². The van der Waals surface area contributed by atoms with Crippen LogP contribution in [0.4, 0.5) is 0 Å². The molecule has 3 rings (SSSR count). The van der Waals surface area contributed by atoms with Crippen molar-refractivity contribution in [1.82, 2.24) is 15.1 Å². The molecule has 0 bridgehead atoms. The van der Waals surface area contributed by atoms with E-state index < -0.39 is 0 Å². The van der Waals surface area contributed by atoms with E-state index in [2.05, 4.69) is 36.3 Å². The van der Waals surface area contributed by atoms with E-state index in [0.29, 0.717) is 12.7 Å². The highest BCUT2D eigenvalue weighted by Gasteiger charge is 2.19. The van der Waals surface area contributed by atoms with Gasteiger partial charge in [0.25, 0.3) is 0 Å². The van der Waals surface area contributed by atoms with Gasteiger partial charge in [-0.15, -0.1) is 0 Å². The fraction of sp³-hybridized carbons (Fsp3) is 0.429. The Bertz CT molecular complexity index is 663. The molecule has 19 heavy (non-hydrogen) atoms. The van der Waals surface area contributed by atoms with Gasteiger partial charge < -0.3 is 11.1 Å². The number of hydrogen-bond acceptors (Lipinski definition) is 4. The number of nitrogens with two attached hydrogens (primary N) is 1.